The van der Waals surface area contributed by atoms with Gasteiger partial charge in [-0.25, -0.2) is 0 Å². The number of carbonyl (C=O) groups excluding carboxylic acids is 1. The molecule has 1 heterocycles. The second kappa shape index (κ2) is 4.57. The quantitative estimate of drug-likeness (QED) is 0.692. The largest absolute Gasteiger partial charge is 0.384 e. The van der Waals surface area contributed by atoms with E-state index in [1.54, 1.807) is 12.3 Å². The van der Waals surface area contributed by atoms with Gasteiger partial charge in [0.25, 0.3) is 0 Å². The molecule has 1 unspecified atom stereocenters. The van der Waals surface area contributed by atoms with Crippen LogP contribution >= 0.6 is 0 Å². The van der Waals surface area contributed by atoms with Crippen LogP contribution in [0.5, 0.6) is 0 Å². The summed E-state index contributed by atoms with van der Waals surface area (Å²) in [6.45, 7) is 1.78. The summed E-state index contributed by atoms with van der Waals surface area (Å²) in [5, 5.41) is 11.4. The van der Waals surface area contributed by atoms with E-state index in [0.29, 0.717) is 6.54 Å². The molecule has 0 bridgehead atoms. The summed E-state index contributed by atoms with van der Waals surface area (Å²) in [4.78, 5) is 14.9. The van der Waals surface area contributed by atoms with Crippen molar-refractivity contribution in [3.05, 3.63) is 30.1 Å². The lowest BCUT2D eigenvalue weighted by Crippen LogP contribution is -2.32. The van der Waals surface area contributed by atoms with E-state index < -0.39 is 6.10 Å². The molecule has 1 aromatic heterocycles. The molecule has 0 aliphatic rings. The molecule has 13 heavy (non-hydrogen) atoms. The minimum absolute atomic E-state index is 0.352. The van der Waals surface area contributed by atoms with Gasteiger partial charge in [-0.3, -0.25) is 9.78 Å². The Labute approximate surface area is 76.6 Å². The van der Waals surface area contributed by atoms with E-state index in [1.807, 2.05) is 12.1 Å². The number of hydrogen-bond donors (Lipinski definition) is 2. The fourth-order valence-corrected chi connectivity index (χ4v) is 0.828. The predicted octanol–water partition coefficient (Wildman–Crippen LogP) is 0.0786. The highest BCUT2D eigenvalue weighted by molar-refractivity contribution is 5.79. The average molecular weight is 180 g/mol. The lowest BCUT2D eigenvalue weighted by Gasteiger charge is -2.05. The van der Waals surface area contributed by atoms with Crippen molar-refractivity contribution in [3.8, 4) is 0 Å². The Morgan fingerprint density at radius 2 is 2.46 bits per heavy atom. The van der Waals surface area contributed by atoms with Gasteiger partial charge < -0.3 is 10.4 Å². The van der Waals surface area contributed by atoms with Gasteiger partial charge in [-0.2, -0.15) is 0 Å². The summed E-state index contributed by atoms with van der Waals surface area (Å²) in [6.07, 6.45) is 0.688. The Morgan fingerprint density at radius 3 is 3.00 bits per heavy atom. The van der Waals surface area contributed by atoms with E-state index in [2.05, 4.69) is 10.3 Å². The number of nitrogens with one attached hydrogen (secondary N) is 1. The summed E-state index contributed by atoms with van der Waals surface area (Å²) in [6, 6.07) is 5.46. The molecule has 0 fully saturated rings. The number of aliphatic hydroxyl groups is 1. The van der Waals surface area contributed by atoms with Crippen molar-refractivity contribution < 1.29 is 9.90 Å². The number of aliphatic hydroxyl groups excluding tert-OH is 1. The second-order valence-corrected chi connectivity index (χ2v) is 2.71. The van der Waals surface area contributed by atoms with E-state index in [9.17, 15) is 4.79 Å². The maximum absolute atomic E-state index is 10.9. The third kappa shape index (κ3) is 3.21. The van der Waals surface area contributed by atoms with Gasteiger partial charge in [0.15, 0.2) is 0 Å². The molecular weight excluding hydrogens is 168 g/mol. The number of rotatable bonds is 3. The lowest BCUT2D eigenvalue weighted by molar-refractivity contribution is -0.128. The minimum Gasteiger partial charge on any atom is -0.384 e. The molecule has 1 aromatic rings. The SMILES string of the molecule is CC(O)C(=O)NCc1ccccn1. The van der Waals surface area contributed by atoms with Gasteiger partial charge in [-0.05, 0) is 19.1 Å². The standard InChI is InChI=1S/C9H12N2O2/c1-7(12)9(13)11-6-8-4-2-3-5-10-8/h2-5,7,12H,6H2,1H3,(H,11,13). The van der Waals surface area contributed by atoms with E-state index in [1.165, 1.54) is 6.92 Å². The van der Waals surface area contributed by atoms with E-state index in [4.69, 9.17) is 5.11 Å². The molecule has 70 valence electrons. The summed E-state index contributed by atoms with van der Waals surface area (Å²) < 4.78 is 0. The van der Waals surface area contributed by atoms with Crippen molar-refractivity contribution >= 4 is 5.91 Å². The van der Waals surface area contributed by atoms with Gasteiger partial charge >= 0.3 is 0 Å². The van der Waals surface area contributed by atoms with Crippen molar-refractivity contribution in [2.24, 2.45) is 0 Å². The van der Waals surface area contributed by atoms with Gasteiger partial charge in [0.2, 0.25) is 5.91 Å². The first-order chi connectivity index (χ1) is 6.20. The minimum atomic E-state index is -0.969. The summed E-state index contributed by atoms with van der Waals surface area (Å²) >= 11 is 0. The zero-order valence-corrected chi connectivity index (χ0v) is 7.40. The first-order valence-electron chi connectivity index (χ1n) is 4.06. The predicted molar refractivity (Wildman–Crippen MR) is 47.8 cm³/mol. The third-order valence-electron chi connectivity index (χ3n) is 1.55. The van der Waals surface area contributed by atoms with Gasteiger partial charge in [0, 0.05) is 6.20 Å². The molecule has 4 nitrogen and oxygen atoms in total. The number of amides is 1. The van der Waals surface area contributed by atoms with Crippen LogP contribution in [0, 0.1) is 0 Å². The Hall–Kier alpha value is -1.42. The molecular formula is C9H12N2O2. The summed E-state index contributed by atoms with van der Waals surface area (Å²) in [7, 11) is 0. The molecule has 0 aliphatic carbocycles. The number of pyridine rings is 1. The number of hydrogen-bond acceptors (Lipinski definition) is 3. The van der Waals surface area contributed by atoms with Gasteiger partial charge in [-0.1, -0.05) is 6.07 Å². The van der Waals surface area contributed by atoms with Crippen molar-refractivity contribution in [3.63, 3.8) is 0 Å². The average Bonchev–Trinajstić information content (AvgIpc) is 2.15. The summed E-state index contributed by atoms with van der Waals surface area (Å²) in [5.74, 6) is -0.384. The van der Waals surface area contributed by atoms with Gasteiger partial charge in [0.1, 0.15) is 6.10 Å². The molecule has 1 atom stereocenters. The maximum Gasteiger partial charge on any atom is 0.248 e. The van der Waals surface area contributed by atoms with Crippen LogP contribution < -0.4 is 5.32 Å². The number of carbonyl (C=O) groups is 1. The zero-order chi connectivity index (χ0) is 9.68. The van der Waals surface area contributed by atoms with E-state index in [-0.39, 0.29) is 5.91 Å². The smallest absolute Gasteiger partial charge is 0.248 e. The molecule has 0 saturated carbocycles. The molecule has 0 aliphatic heterocycles. The Bertz CT molecular complexity index is 272. The first kappa shape index (κ1) is 9.67. The Morgan fingerprint density at radius 1 is 1.69 bits per heavy atom. The highest BCUT2D eigenvalue weighted by Crippen LogP contribution is 1.92. The molecule has 0 spiro atoms. The van der Waals surface area contributed by atoms with Crippen LogP contribution in [0.15, 0.2) is 24.4 Å². The molecule has 0 aromatic carbocycles. The zero-order valence-electron chi connectivity index (χ0n) is 7.40. The van der Waals surface area contributed by atoms with E-state index >= 15 is 0 Å². The van der Waals surface area contributed by atoms with Crippen molar-refractivity contribution in [1.29, 1.82) is 0 Å². The third-order valence-corrected chi connectivity index (χ3v) is 1.55. The van der Waals surface area contributed by atoms with Crippen molar-refractivity contribution in [1.82, 2.24) is 10.3 Å². The fraction of sp³-hybridized carbons (Fsp3) is 0.333. The van der Waals surface area contributed by atoms with Gasteiger partial charge in [0.05, 0.1) is 12.2 Å². The van der Waals surface area contributed by atoms with Crippen LogP contribution in [0.2, 0.25) is 0 Å². The Kier molecular flexibility index (Phi) is 3.40. The number of aromatic nitrogens is 1. The maximum atomic E-state index is 10.9. The van der Waals surface area contributed by atoms with Crippen molar-refractivity contribution in [2.45, 2.75) is 19.6 Å². The topological polar surface area (TPSA) is 62.2 Å². The van der Waals surface area contributed by atoms with Crippen LogP contribution in [0.3, 0.4) is 0 Å². The lowest BCUT2D eigenvalue weighted by atomic mass is 10.3. The second-order valence-electron chi connectivity index (χ2n) is 2.71. The highest BCUT2D eigenvalue weighted by Gasteiger charge is 2.07. The normalized spacial score (nSPS) is 12.2. The van der Waals surface area contributed by atoms with E-state index in [0.717, 1.165) is 5.69 Å². The van der Waals surface area contributed by atoms with Crippen LogP contribution in [-0.2, 0) is 11.3 Å². The fourth-order valence-electron chi connectivity index (χ4n) is 0.828. The molecule has 0 radical (unpaired) electrons. The van der Waals surface area contributed by atoms with Crippen LogP contribution in [0.1, 0.15) is 12.6 Å². The molecule has 2 N–H and O–H groups in total. The van der Waals surface area contributed by atoms with Gasteiger partial charge in [-0.15, -0.1) is 0 Å². The van der Waals surface area contributed by atoms with Crippen LogP contribution in [0.25, 0.3) is 0 Å². The van der Waals surface area contributed by atoms with Crippen LogP contribution in [-0.4, -0.2) is 22.1 Å². The van der Waals surface area contributed by atoms with Crippen LogP contribution in [0.4, 0.5) is 0 Å². The van der Waals surface area contributed by atoms with Crippen molar-refractivity contribution in [2.75, 3.05) is 0 Å². The number of nitrogens with zero attached hydrogens (tertiary/aromatic N) is 1. The monoisotopic (exact) mass is 180 g/mol. The highest BCUT2D eigenvalue weighted by atomic mass is 16.3. The molecule has 0 saturated heterocycles. The first-order valence-corrected chi connectivity index (χ1v) is 4.06. The Balaban J connectivity index is 2.40. The summed E-state index contributed by atoms with van der Waals surface area (Å²) in [5.41, 5.74) is 0.775. The molecule has 4 heteroatoms. The molecule has 1 rings (SSSR count). The molecule has 1 amide bonds.